The normalized spacial score (nSPS) is 14.6. The molecule has 0 fully saturated rings. The predicted octanol–water partition coefficient (Wildman–Crippen LogP) is 3.20. The molecule has 2 aromatic rings. The lowest BCUT2D eigenvalue weighted by atomic mass is 10.00. The lowest BCUT2D eigenvalue weighted by Gasteiger charge is -2.15. The zero-order valence-corrected chi connectivity index (χ0v) is 14.0. The van der Waals surface area contributed by atoms with Crippen molar-refractivity contribution in [3.8, 4) is 0 Å². The van der Waals surface area contributed by atoms with Crippen molar-refractivity contribution in [1.82, 2.24) is 0 Å². The summed E-state index contributed by atoms with van der Waals surface area (Å²) < 4.78 is 32.6. The van der Waals surface area contributed by atoms with Gasteiger partial charge in [0, 0.05) is 11.8 Å². The molecule has 8 heteroatoms. The molecule has 0 saturated carbocycles. The third-order valence-electron chi connectivity index (χ3n) is 3.81. The van der Waals surface area contributed by atoms with Gasteiger partial charge in [0.15, 0.2) is 0 Å². The van der Waals surface area contributed by atoms with Gasteiger partial charge in [-0.3, -0.25) is 14.8 Å². The number of nitrogens with zero attached hydrogens (tertiary/aromatic N) is 1. The number of nitro groups is 1. The summed E-state index contributed by atoms with van der Waals surface area (Å²) in [5.41, 5.74) is 1.37. The summed E-state index contributed by atoms with van der Waals surface area (Å²) in [6.07, 6.45) is 2.33. The summed E-state index contributed by atoms with van der Waals surface area (Å²) in [6, 6.07) is 12.3. The fourth-order valence-electron chi connectivity index (χ4n) is 2.59. The zero-order valence-electron chi connectivity index (χ0n) is 13.2. The smallest absolute Gasteiger partial charge is 0.278 e. The molecule has 7 nitrogen and oxygen atoms in total. The molecule has 0 amide bonds. The van der Waals surface area contributed by atoms with E-state index in [1.807, 2.05) is 0 Å². The second-order valence-corrected chi connectivity index (χ2v) is 7.14. The van der Waals surface area contributed by atoms with E-state index in [1.165, 1.54) is 12.1 Å². The maximum atomic E-state index is 12.5. The number of nitro benzene ring substituents is 1. The largest absolute Gasteiger partial charge is 0.377 e. The quantitative estimate of drug-likeness (QED) is 0.652. The van der Waals surface area contributed by atoms with Crippen LogP contribution in [-0.4, -0.2) is 26.6 Å². The van der Waals surface area contributed by atoms with Gasteiger partial charge in [0.05, 0.1) is 28.6 Å². The van der Waals surface area contributed by atoms with Crippen molar-refractivity contribution in [3.05, 3.63) is 70.3 Å². The Bertz CT molecular complexity index is 923. The van der Waals surface area contributed by atoms with Crippen LogP contribution in [0.25, 0.3) is 5.57 Å². The van der Waals surface area contributed by atoms with Crippen LogP contribution in [0.1, 0.15) is 12.0 Å². The standard InChI is InChI=1S/C17H16N2O5S/c20-19(21)17-12-15(6-7-16(17)13-8-10-24-11-9-13)25(22,23)18-14-4-2-1-3-5-14/h1-8,12,18H,9-11H2. The molecule has 0 radical (unpaired) electrons. The highest BCUT2D eigenvalue weighted by molar-refractivity contribution is 7.92. The lowest BCUT2D eigenvalue weighted by molar-refractivity contribution is -0.385. The molecule has 0 atom stereocenters. The van der Waals surface area contributed by atoms with Gasteiger partial charge in [0.1, 0.15) is 0 Å². The number of sulfonamides is 1. The van der Waals surface area contributed by atoms with E-state index in [1.54, 1.807) is 36.4 Å². The van der Waals surface area contributed by atoms with E-state index in [-0.39, 0.29) is 10.6 Å². The van der Waals surface area contributed by atoms with Crippen molar-refractivity contribution in [1.29, 1.82) is 0 Å². The van der Waals surface area contributed by atoms with Crippen molar-refractivity contribution in [3.63, 3.8) is 0 Å². The van der Waals surface area contributed by atoms with Crippen LogP contribution in [0.15, 0.2) is 59.5 Å². The van der Waals surface area contributed by atoms with Crippen LogP contribution in [0.4, 0.5) is 11.4 Å². The van der Waals surface area contributed by atoms with E-state index in [9.17, 15) is 18.5 Å². The van der Waals surface area contributed by atoms with Crippen molar-refractivity contribution < 1.29 is 18.1 Å². The molecule has 1 heterocycles. The van der Waals surface area contributed by atoms with Gasteiger partial charge in [-0.2, -0.15) is 0 Å². The first-order valence-electron chi connectivity index (χ1n) is 7.61. The first-order chi connectivity index (χ1) is 12.0. The molecule has 0 bridgehead atoms. The minimum Gasteiger partial charge on any atom is -0.377 e. The van der Waals surface area contributed by atoms with Gasteiger partial charge in [-0.25, -0.2) is 8.42 Å². The average Bonchev–Trinajstić information content (AvgIpc) is 2.62. The molecule has 0 aromatic heterocycles. The van der Waals surface area contributed by atoms with Crippen LogP contribution in [0, 0.1) is 10.1 Å². The van der Waals surface area contributed by atoms with Crippen molar-refractivity contribution in [2.45, 2.75) is 11.3 Å². The minimum atomic E-state index is -3.92. The van der Waals surface area contributed by atoms with Gasteiger partial charge in [-0.1, -0.05) is 24.3 Å². The van der Waals surface area contributed by atoms with Gasteiger partial charge >= 0.3 is 0 Å². The molecule has 130 valence electrons. The topological polar surface area (TPSA) is 98.5 Å². The number of para-hydroxylation sites is 1. The third kappa shape index (κ3) is 3.86. The Morgan fingerprint density at radius 2 is 1.88 bits per heavy atom. The van der Waals surface area contributed by atoms with E-state index in [0.29, 0.717) is 30.9 Å². The summed E-state index contributed by atoms with van der Waals surface area (Å²) in [5, 5.41) is 11.4. The Morgan fingerprint density at radius 3 is 2.52 bits per heavy atom. The number of nitrogens with one attached hydrogen (secondary N) is 1. The molecular formula is C17H16N2O5S. The molecule has 0 aliphatic carbocycles. The predicted molar refractivity (Wildman–Crippen MR) is 93.8 cm³/mol. The highest BCUT2D eigenvalue weighted by atomic mass is 32.2. The second-order valence-electron chi connectivity index (χ2n) is 5.46. The van der Waals surface area contributed by atoms with E-state index in [4.69, 9.17) is 4.74 Å². The number of anilines is 1. The van der Waals surface area contributed by atoms with Crippen LogP contribution in [-0.2, 0) is 14.8 Å². The molecule has 1 aliphatic heterocycles. The Balaban J connectivity index is 1.99. The number of ether oxygens (including phenoxy) is 1. The summed E-state index contributed by atoms with van der Waals surface area (Å²) in [4.78, 5) is 10.7. The van der Waals surface area contributed by atoms with Gasteiger partial charge in [-0.05, 0) is 36.3 Å². The molecule has 3 rings (SSSR count). The SMILES string of the molecule is O=[N+]([O-])c1cc(S(=O)(=O)Nc2ccccc2)ccc1C1=CCOCC1. The Hall–Kier alpha value is -2.71. The van der Waals surface area contributed by atoms with Crippen molar-refractivity contribution in [2.75, 3.05) is 17.9 Å². The first-order valence-corrected chi connectivity index (χ1v) is 9.09. The van der Waals surface area contributed by atoms with E-state index in [2.05, 4.69) is 4.72 Å². The molecule has 0 unspecified atom stereocenters. The van der Waals surface area contributed by atoms with Crippen molar-refractivity contribution >= 4 is 27.0 Å². The maximum absolute atomic E-state index is 12.5. The number of hydrogen-bond acceptors (Lipinski definition) is 5. The Labute approximate surface area is 145 Å². The summed E-state index contributed by atoms with van der Waals surface area (Å²) in [6.45, 7) is 0.876. The second kappa shape index (κ2) is 7.04. The molecule has 1 N–H and O–H groups in total. The summed E-state index contributed by atoms with van der Waals surface area (Å²) in [7, 11) is -3.92. The number of hydrogen-bond donors (Lipinski definition) is 1. The van der Waals surface area contributed by atoms with Gasteiger partial charge in [0.2, 0.25) is 0 Å². The Morgan fingerprint density at radius 1 is 1.12 bits per heavy atom. The highest BCUT2D eigenvalue weighted by Gasteiger charge is 2.23. The van der Waals surface area contributed by atoms with Crippen LogP contribution in [0.5, 0.6) is 0 Å². The fraction of sp³-hybridized carbons (Fsp3) is 0.176. The molecule has 0 spiro atoms. The van der Waals surface area contributed by atoms with Crippen molar-refractivity contribution in [2.24, 2.45) is 0 Å². The van der Waals surface area contributed by atoms with Crippen LogP contribution >= 0.6 is 0 Å². The molecular weight excluding hydrogens is 344 g/mol. The molecule has 1 aliphatic rings. The zero-order chi connectivity index (χ0) is 17.9. The van der Waals surface area contributed by atoms with Gasteiger partial charge in [0.25, 0.3) is 15.7 Å². The molecule has 25 heavy (non-hydrogen) atoms. The van der Waals surface area contributed by atoms with Gasteiger partial charge in [-0.15, -0.1) is 0 Å². The first kappa shape index (κ1) is 17.1. The molecule has 0 saturated heterocycles. The monoisotopic (exact) mass is 360 g/mol. The average molecular weight is 360 g/mol. The van der Waals surface area contributed by atoms with Gasteiger partial charge < -0.3 is 4.74 Å². The summed E-state index contributed by atoms with van der Waals surface area (Å²) in [5.74, 6) is 0. The van der Waals surface area contributed by atoms with E-state index < -0.39 is 14.9 Å². The lowest BCUT2D eigenvalue weighted by Crippen LogP contribution is -2.13. The van der Waals surface area contributed by atoms with Crippen LogP contribution in [0.3, 0.4) is 0 Å². The number of rotatable bonds is 5. The summed E-state index contributed by atoms with van der Waals surface area (Å²) >= 11 is 0. The minimum absolute atomic E-state index is 0.153. The highest BCUT2D eigenvalue weighted by Crippen LogP contribution is 2.32. The number of benzene rings is 2. The third-order valence-corrected chi connectivity index (χ3v) is 5.19. The van der Waals surface area contributed by atoms with E-state index >= 15 is 0 Å². The van der Waals surface area contributed by atoms with Crippen LogP contribution in [0.2, 0.25) is 0 Å². The van der Waals surface area contributed by atoms with Crippen LogP contribution < -0.4 is 4.72 Å². The Kier molecular flexibility index (Phi) is 4.82. The molecule has 2 aromatic carbocycles. The van der Waals surface area contributed by atoms with E-state index in [0.717, 1.165) is 11.6 Å². The maximum Gasteiger partial charge on any atom is 0.278 e. The fourth-order valence-corrected chi connectivity index (χ4v) is 3.67.